The largest absolute Gasteiger partial charge is 0.355 e. The topological polar surface area (TPSA) is 15.3 Å². The van der Waals surface area contributed by atoms with E-state index in [2.05, 4.69) is 140 Å². The molecular formula is C34H46N2. The molecule has 2 nitrogen and oxygen atoms in total. The zero-order valence-electron chi connectivity index (χ0n) is 24.2. The molecule has 0 aliphatic heterocycles. The van der Waals surface area contributed by atoms with Gasteiger partial charge in [0.15, 0.2) is 0 Å². The highest BCUT2D eigenvalue weighted by molar-refractivity contribution is 5.73. The average Bonchev–Trinajstić information content (AvgIpc) is 2.76. The van der Waals surface area contributed by atoms with Gasteiger partial charge in [0.1, 0.15) is 0 Å². The molecule has 1 aliphatic rings. The minimum Gasteiger partial charge on any atom is -0.355 e. The molecule has 0 bridgehead atoms. The monoisotopic (exact) mass is 482 g/mol. The summed E-state index contributed by atoms with van der Waals surface area (Å²) in [6, 6.07) is 23.2. The Labute approximate surface area is 220 Å². The summed E-state index contributed by atoms with van der Waals surface area (Å²) in [5.74, 6) is 0. The quantitative estimate of drug-likeness (QED) is 0.389. The van der Waals surface area contributed by atoms with Gasteiger partial charge in [0.05, 0.1) is 0 Å². The summed E-state index contributed by atoms with van der Waals surface area (Å²) in [6.07, 6.45) is 2.47. The molecule has 1 N–H and O–H groups in total. The Hall–Kier alpha value is -2.74. The second kappa shape index (κ2) is 9.29. The lowest BCUT2D eigenvalue weighted by molar-refractivity contribution is 0.332. The summed E-state index contributed by atoms with van der Waals surface area (Å²) >= 11 is 0. The van der Waals surface area contributed by atoms with Gasteiger partial charge in [0.2, 0.25) is 0 Å². The first-order valence-corrected chi connectivity index (χ1v) is 13.6. The van der Waals surface area contributed by atoms with Crippen molar-refractivity contribution in [2.45, 2.75) is 104 Å². The molecule has 0 saturated carbocycles. The SMILES string of the molecule is Cc1cc(Nc2ccc(C(C)(C)C)cc2)cc(N(c2ccc3c(c2)C(C)(C)CCC3(C)C)C(C)C)c1. The molecule has 0 atom stereocenters. The molecule has 0 unspecified atom stereocenters. The van der Waals surface area contributed by atoms with Crippen LogP contribution in [0.15, 0.2) is 60.7 Å². The van der Waals surface area contributed by atoms with Gasteiger partial charge in [0, 0.05) is 28.8 Å². The van der Waals surface area contributed by atoms with Crippen molar-refractivity contribution in [1.82, 2.24) is 0 Å². The molecule has 0 aromatic heterocycles. The smallest absolute Gasteiger partial charge is 0.0436 e. The van der Waals surface area contributed by atoms with Crippen LogP contribution in [0.1, 0.15) is 97.4 Å². The molecule has 0 saturated heterocycles. The number of fused-ring (bicyclic) bond motifs is 1. The van der Waals surface area contributed by atoms with Gasteiger partial charge in [-0.3, -0.25) is 0 Å². The molecule has 3 aromatic rings. The summed E-state index contributed by atoms with van der Waals surface area (Å²) in [5, 5.41) is 3.66. The maximum atomic E-state index is 3.66. The highest BCUT2D eigenvalue weighted by Crippen LogP contribution is 2.47. The summed E-state index contributed by atoms with van der Waals surface area (Å²) < 4.78 is 0. The zero-order chi connectivity index (χ0) is 26.5. The summed E-state index contributed by atoms with van der Waals surface area (Å²) in [5.41, 5.74) is 11.0. The summed E-state index contributed by atoms with van der Waals surface area (Å²) in [6.45, 7) is 23.1. The van der Waals surface area contributed by atoms with E-state index < -0.39 is 0 Å². The number of rotatable bonds is 5. The Morgan fingerprint density at radius 3 is 1.92 bits per heavy atom. The second-order valence-corrected chi connectivity index (χ2v) is 13.5. The van der Waals surface area contributed by atoms with Crippen LogP contribution in [0.4, 0.5) is 22.7 Å². The van der Waals surface area contributed by atoms with Crippen molar-refractivity contribution in [3.63, 3.8) is 0 Å². The molecule has 4 rings (SSSR count). The number of hydrogen-bond acceptors (Lipinski definition) is 2. The van der Waals surface area contributed by atoms with Crippen LogP contribution >= 0.6 is 0 Å². The van der Waals surface area contributed by atoms with Crippen LogP contribution in [-0.4, -0.2) is 6.04 Å². The predicted octanol–water partition coefficient (Wildman–Crippen LogP) is 9.93. The Kier molecular flexibility index (Phi) is 6.79. The van der Waals surface area contributed by atoms with Gasteiger partial charge in [-0.2, -0.15) is 0 Å². The van der Waals surface area contributed by atoms with Crippen LogP contribution in [0.3, 0.4) is 0 Å². The van der Waals surface area contributed by atoms with Crippen molar-refractivity contribution in [3.8, 4) is 0 Å². The maximum absolute atomic E-state index is 3.66. The molecule has 0 amide bonds. The Morgan fingerprint density at radius 2 is 1.33 bits per heavy atom. The van der Waals surface area contributed by atoms with E-state index in [1.165, 1.54) is 46.5 Å². The van der Waals surface area contributed by atoms with Crippen LogP contribution in [-0.2, 0) is 16.2 Å². The molecule has 0 fully saturated rings. The van der Waals surface area contributed by atoms with E-state index in [4.69, 9.17) is 0 Å². The molecule has 0 spiro atoms. The van der Waals surface area contributed by atoms with Crippen molar-refractivity contribution >= 4 is 22.7 Å². The van der Waals surface area contributed by atoms with Crippen LogP contribution < -0.4 is 10.2 Å². The van der Waals surface area contributed by atoms with E-state index in [0.29, 0.717) is 6.04 Å². The van der Waals surface area contributed by atoms with Gasteiger partial charge in [-0.1, -0.05) is 66.7 Å². The third-order valence-corrected chi connectivity index (χ3v) is 8.01. The zero-order valence-corrected chi connectivity index (χ0v) is 24.2. The van der Waals surface area contributed by atoms with Crippen LogP contribution in [0.2, 0.25) is 0 Å². The minimum absolute atomic E-state index is 0.158. The highest BCUT2D eigenvalue weighted by Gasteiger charge is 2.37. The lowest BCUT2D eigenvalue weighted by atomic mass is 9.63. The van der Waals surface area contributed by atoms with Crippen molar-refractivity contribution in [3.05, 3.63) is 82.9 Å². The first-order valence-electron chi connectivity index (χ1n) is 13.6. The number of benzene rings is 3. The van der Waals surface area contributed by atoms with Gasteiger partial charge in [-0.15, -0.1) is 0 Å². The Balaban J connectivity index is 1.71. The second-order valence-electron chi connectivity index (χ2n) is 13.5. The van der Waals surface area contributed by atoms with Crippen molar-refractivity contribution < 1.29 is 0 Å². The van der Waals surface area contributed by atoms with Crippen molar-refractivity contribution in [2.24, 2.45) is 0 Å². The normalized spacial score (nSPS) is 16.5. The Morgan fingerprint density at radius 1 is 0.722 bits per heavy atom. The van der Waals surface area contributed by atoms with Gasteiger partial charge in [-0.25, -0.2) is 0 Å². The fourth-order valence-electron chi connectivity index (χ4n) is 5.67. The third-order valence-electron chi connectivity index (χ3n) is 8.01. The van der Waals surface area contributed by atoms with Crippen molar-refractivity contribution in [2.75, 3.05) is 10.2 Å². The van der Waals surface area contributed by atoms with E-state index >= 15 is 0 Å². The van der Waals surface area contributed by atoms with Gasteiger partial charge in [0.25, 0.3) is 0 Å². The van der Waals surface area contributed by atoms with Crippen LogP contribution in [0.5, 0.6) is 0 Å². The van der Waals surface area contributed by atoms with E-state index in [0.717, 1.165) is 11.4 Å². The van der Waals surface area contributed by atoms with Crippen LogP contribution in [0, 0.1) is 6.92 Å². The highest BCUT2D eigenvalue weighted by atomic mass is 15.2. The van der Waals surface area contributed by atoms with E-state index in [1.807, 2.05) is 0 Å². The van der Waals surface area contributed by atoms with Gasteiger partial charge >= 0.3 is 0 Å². The molecule has 3 aromatic carbocycles. The first kappa shape index (κ1) is 26.3. The lowest BCUT2D eigenvalue weighted by Crippen LogP contribution is -2.34. The standard InChI is InChI=1S/C34H46N2/c1-23(2)36(28-15-16-30-31(22-28)34(9,10)18-17-33(30,7)8)29-20-24(3)19-27(21-29)35-26-13-11-25(12-14-26)32(4,5)6/h11-16,19-23,35H,17-18H2,1-10H3. The molecule has 2 heteroatoms. The summed E-state index contributed by atoms with van der Waals surface area (Å²) in [7, 11) is 0. The third kappa shape index (κ3) is 5.33. The number of hydrogen-bond donors (Lipinski definition) is 1. The lowest BCUT2D eigenvalue weighted by Gasteiger charge is -2.43. The van der Waals surface area contributed by atoms with E-state index in [-0.39, 0.29) is 16.2 Å². The van der Waals surface area contributed by atoms with E-state index in [1.54, 1.807) is 0 Å². The number of aryl methyl sites for hydroxylation is 1. The summed E-state index contributed by atoms with van der Waals surface area (Å²) in [4.78, 5) is 2.48. The Bertz CT molecular complexity index is 1220. The predicted molar refractivity (Wildman–Crippen MR) is 159 cm³/mol. The minimum atomic E-state index is 0.158. The molecule has 0 radical (unpaired) electrons. The number of anilines is 4. The molecule has 1 aliphatic carbocycles. The van der Waals surface area contributed by atoms with E-state index in [9.17, 15) is 0 Å². The molecule has 192 valence electrons. The first-order chi connectivity index (χ1) is 16.7. The maximum Gasteiger partial charge on any atom is 0.0436 e. The van der Waals surface area contributed by atoms with Crippen molar-refractivity contribution in [1.29, 1.82) is 0 Å². The number of nitrogens with one attached hydrogen (secondary N) is 1. The van der Waals surface area contributed by atoms with Crippen LogP contribution in [0.25, 0.3) is 0 Å². The average molecular weight is 483 g/mol. The van der Waals surface area contributed by atoms with Gasteiger partial charge in [-0.05, 0) is 115 Å². The fraction of sp³-hybridized carbons (Fsp3) is 0.471. The molecule has 0 heterocycles. The van der Waals surface area contributed by atoms with Gasteiger partial charge < -0.3 is 10.2 Å². The fourth-order valence-corrected chi connectivity index (χ4v) is 5.67. The number of nitrogens with zero attached hydrogens (tertiary/aromatic N) is 1. The molecule has 36 heavy (non-hydrogen) atoms. The molecular weight excluding hydrogens is 436 g/mol.